The number of rotatable bonds is 6. The Morgan fingerprint density at radius 1 is 1.33 bits per heavy atom. The molecule has 21 heavy (non-hydrogen) atoms. The van der Waals surface area contributed by atoms with Crippen LogP contribution in [0.3, 0.4) is 0 Å². The first kappa shape index (κ1) is 17.2. The zero-order valence-electron chi connectivity index (χ0n) is 12.5. The molecule has 6 heteroatoms. The zero-order valence-corrected chi connectivity index (χ0v) is 15.5. The molecule has 1 aromatic carbocycles. The van der Waals surface area contributed by atoms with E-state index in [9.17, 15) is 8.42 Å². The molecule has 0 bridgehead atoms. The largest absolute Gasteiger partial charge is 0.313 e. The van der Waals surface area contributed by atoms with Crippen LogP contribution in [0.5, 0.6) is 0 Å². The van der Waals surface area contributed by atoms with E-state index in [2.05, 4.69) is 41.8 Å². The molecule has 0 amide bonds. The summed E-state index contributed by atoms with van der Waals surface area (Å²) in [7, 11) is -3.41. The first-order chi connectivity index (χ1) is 9.89. The molecule has 0 radical (unpaired) electrons. The van der Waals surface area contributed by atoms with Gasteiger partial charge in [0.15, 0.2) is 0 Å². The summed E-state index contributed by atoms with van der Waals surface area (Å²) in [4.78, 5) is 0.390. The molecule has 2 rings (SSSR count). The Bertz CT molecular complexity index is 552. The van der Waals surface area contributed by atoms with Gasteiger partial charge in [-0.05, 0) is 72.2 Å². The summed E-state index contributed by atoms with van der Waals surface area (Å²) in [6, 6.07) is 7.37. The number of nitrogens with zero attached hydrogens (tertiary/aromatic N) is 1. The minimum absolute atomic E-state index is 0.280. The van der Waals surface area contributed by atoms with Gasteiger partial charge in [-0.1, -0.05) is 13.8 Å². The quantitative estimate of drug-likeness (QED) is 0.718. The molecule has 1 heterocycles. The van der Waals surface area contributed by atoms with Gasteiger partial charge >= 0.3 is 0 Å². The molecular weight excluding hydrogens is 399 g/mol. The predicted molar refractivity (Wildman–Crippen MR) is 93.8 cm³/mol. The van der Waals surface area contributed by atoms with Crippen molar-refractivity contribution in [2.45, 2.75) is 37.6 Å². The lowest BCUT2D eigenvalue weighted by molar-refractivity contribution is 0.336. The van der Waals surface area contributed by atoms with Gasteiger partial charge in [0, 0.05) is 22.7 Å². The fourth-order valence-electron chi connectivity index (χ4n) is 2.59. The molecule has 1 aromatic rings. The van der Waals surface area contributed by atoms with Gasteiger partial charge in [-0.15, -0.1) is 0 Å². The Kier molecular flexibility index (Phi) is 6.05. The van der Waals surface area contributed by atoms with Crippen molar-refractivity contribution >= 4 is 32.6 Å². The van der Waals surface area contributed by atoms with Crippen molar-refractivity contribution < 1.29 is 8.42 Å². The number of halogens is 1. The summed E-state index contributed by atoms with van der Waals surface area (Å²) in [6.45, 7) is 6.22. The Morgan fingerprint density at radius 3 is 2.52 bits per heavy atom. The van der Waals surface area contributed by atoms with E-state index in [1.165, 1.54) is 0 Å². The van der Waals surface area contributed by atoms with Gasteiger partial charge in [-0.2, -0.15) is 4.31 Å². The van der Waals surface area contributed by atoms with Crippen LogP contribution in [0.25, 0.3) is 0 Å². The summed E-state index contributed by atoms with van der Waals surface area (Å²) < 4.78 is 28.4. The molecule has 0 aromatic heterocycles. The second-order valence-electron chi connectivity index (χ2n) is 5.96. The van der Waals surface area contributed by atoms with Crippen molar-refractivity contribution in [1.29, 1.82) is 0 Å². The standard InChI is InChI=1S/C15H23IN2O2S/c1-12(2)10-18(11-14-4-3-9-17-14)21(19,20)15-7-5-13(16)6-8-15/h5-8,12,14,17H,3-4,9-11H2,1-2H3. The Hall–Kier alpha value is -0.180. The van der Waals surface area contributed by atoms with Gasteiger partial charge in [0.25, 0.3) is 0 Å². The van der Waals surface area contributed by atoms with E-state index in [0.29, 0.717) is 23.9 Å². The fraction of sp³-hybridized carbons (Fsp3) is 0.600. The molecule has 1 unspecified atom stereocenters. The lowest BCUT2D eigenvalue weighted by atomic mass is 10.2. The van der Waals surface area contributed by atoms with Crippen LogP contribution in [0.4, 0.5) is 0 Å². The number of benzene rings is 1. The molecule has 1 aliphatic heterocycles. The second kappa shape index (κ2) is 7.39. The lowest BCUT2D eigenvalue weighted by Gasteiger charge is -2.26. The monoisotopic (exact) mass is 422 g/mol. The summed E-state index contributed by atoms with van der Waals surface area (Å²) in [5.41, 5.74) is 0. The highest BCUT2D eigenvalue weighted by Crippen LogP contribution is 2.20. The van der Waals surface area contributed by atoms with Crippen molar-refractivity contribution in [3.8, 4) is 0 Å². The van der Waals surface area contributed by atoms with E-state index in [4.69, 9.17) is 0 Å². The van der Waals surface area contributed by atoms with Crippen molar-refractivity contribution in [1.82, 2.24) is 9.62 Å². The smallest absolute Gasteiger partial charge is 0.243 e. The van der Waals surface area contributed by atoms with Gasteiger partial charge in [0.05, 0.1) is 4.90 Å². The Labute approximate surface area is 141 Å². The SMILES string of the molecule is CC(C)CN(CC1CCCN1)S(=O)(=O)c1ccc(I)cc1. The average molecular weight is 422 g/mol. The Balaban J connectivity index is 2.22. The summed E-state index contributed by atoms with van der Waals surface area (Å²) in [6.07, 6.45) is 2.18. The zero-order chi connectivity index (χ0) is 15.5. The van der Waals surface area contributed by atoms with E-state index in [0.717, 1.165) is 23.0 Å². The average Bonchev–Trinajstić information content (AvgIpc) is 2.91. The van der Waals surface area contributed by atoms with Crippen molar-refractivity contribution in [2.24, 2.45) is 5.92 Å². The maximum atomic E-state index is 12.9. The number of sulfonamides is 1. The van der Waals surface area contributed by atoms with Crippen LogP contribution in [-0.4, -0.2) is 38.4 Å². The molecule has 118 valence electrons. The van der Waals surface area contributed by atoms with Gasteiger partial charge < -0.3 is 5.32 Å². The minimum Gasteiger partial charge on any atom is -0.313 e. The van der Waals surface area contributed by atoms with Crippen LogP contribution in [0.1, 0.15) is 26.7 Å². The first-order valence-electron chi connectivity index (χ1n) is 7.38. The van der Waals surface area contributed by atoms with Gasteiger partial charge in [-0.25, -0.2) is 8.42 Å². The van der Waals surface area contributed by atoms with E-state index in [1.54, 1.807) is 16.4 Å². The predicted octanol–water partition coefficient (Wildman–Crippen LogP) is 2.69. The summed E-state index contributed by atoms with van der Waals surface area (Å²) >= 11 is 2.18. The van der Waals surface area contributed by atoms with Crippen molar-refractivity contribution in [3.63, 3.8) is 0 Å². The second-order valence-corrected chi connectivity index (χ2v) is 9.15. The van der Waals surface area contributed by atoms with Gasteiger partial charge in [-0.3, -0.25) is 0 Å². The maximum Gasteiger partial charge on any atom is 0.243 e. The fourth-order valence-corrected chi connectivity index (χ4v) is 4.60. The van der Waals surface area contributed by atoms with Crippen molar-refractivity contribution in [2.75, 3.05) is 19.6 Å². The third-order valence-electron chi connectivity index (χ3n) is 3.61. The molecule has 0 aliphatic carbocycles. The van der Waals surface area contributed by atoms with Gasteiger partial charge in [0.2, 0.25) is 10.0 Å². The third-order valence-corrected chi connectivity index (χ3v) is 6.17. The summed E-state index contributed by atoms with van der Waals surface area (Å²) in [5.74, 6) is 0.310. The van der Waals surface area contributed by atoms with E-state index < -0.39 is 10.0 Å². The number of hydrogen-bond donors (Lipinski definition) is 1. The van der Waals surface area contributed by atoms with Crippen LogP contribution >= 0.6 is 22.6 Å². The topological polar surface area (TPSA) is 49.4 Å². The summed E-state index contributed by atoms with van der Waals surface area (Å²) in [5, 5.41) is 3.39. The Morgan fingerprint density at radius 2 is 2.00 bits per heavy atom. The molecule has 1 saturated heterocycles. The third kappa shape index (κ3) is 4.64. The molecule has 1 atom stereocenters. The van der Waals surface area contributed by atoms with E-state index >= 15 is 0 Å². The molecule has 1 fully saturated rings. The molecule has 1 N–H and O–H groups in total. The molecule has 4 nitrogen and oxygen atoms in total. The van der Waals surface area contributed by atoms with Crippen LogP contribution < -0.4 is 5.32 Å². The maximum absolute atomic E-state index is 12.9. The molecule has 1 aliphatic rings. The normalized spacial score (nSPS) is 19.6. The highest BCUT2D eigenvalue weighted by molar-refractivity contribution is 14.1. The molecule has 0 spiro atoms. The highest BCUT2D eigenvalue weighted by atomic mass is 127. The van der Waals surface area contributed by atoms with E-state index in [-0.39, 0.29) is 6.04 Å². The van der Waals surface area contributed by atoms with Gasteiger partial charge in [0.1, 0.15) is 0 Å². The highest BCUT2D eigenvalue weighted by Gasteiger charge is 2.28. The van der Waals surface area contributed by atoms with E-state index in [1.807, 2.05) is 12.1 Å². The van der Waals surface area contributed by atoms with Crippen LogP contribution in [0.2, 0.25) is 0 Å². The van der Waals surface area contributed by atoms with Crippen molar-refractivity contribution in [3.05, 3.63) is 27.8 Å². The van der Waals surface area contributed by atoms with Crippen LogP contribution in [-0.2, 0) is 10.0 Å². The minimum atomic E-state index is -3.41. The first-order valence-corrected chi connectivity index (χ1v) is 9.90. The number of nitrogens with one attached hydrogen (secondary N) is 1. The molecular formula is C15H23IN2O2S. The van der Waals surface area contributed by atoms with Crippen LogP contribution in [0, 0.1) is 9.49 Å². The van der Waals surface area contributed by atoms with Crippen LogP contribution in [0.15, 0.2) is 29.2 Å². The number of hydrogen-bond acceptors (Lipinski definition) is 3. The lowest BCUT2D eigenvalue weighted by Crippen LogP contribution is -2.42. The molecule has 0 saturated carbocycles.